The maximum atomic E-state index is 13.7. The van der Waals surface area contributed by atoms with Gasteiger partial charge in [-0.2, -0.15) is 0 Å². The third-order valence-electron chi connectivity index (χ3n) is 3.20. The number of aryl methyl sites for hydroxylation is 1. The monoisotopic (exact) mass is 289 g/mol. The molecule has 0 bridgehead atoms. The molecule has 2 heterocycles. The van der Waals surface area contributed by atoms with Gasteiger partial charge in [0.25, 0.3) is 0 Å². The summed E-state index contributed by atoms with van der Waals surface area (Å²) in [6.45, 7) is 2.42. The van der Waals surface area contributed by atoms with Crippen LogP contribution in [-0.4, -0.2) is 9.38 Å². The number of aromatic nitrogens is 2. The highest BCUT2D eigenvalue weighted by Crippen LogP contribution is 2.21. The van der Waals surface area contributed by atoms with Crippen LogP contribution in [0, 0.1) is 12.7 Å². The summed E-state index contributed by atoms with van der Waals surface area (Å²) < 4.78 is 15.7. The molecule has 3 rings (SSSR count). The Morgan fingerprint density at radius 2 is 2.15 bits per heavy atom. The summed E-state index contributed by atoms with van der Waals surface area (Å²) >= 11 is 5.88. The van der Waals surface area contributed by atoms with Crippen LogP contribution >= 0.6 is 11.6 Å². The molecule has 0 unspecified atom stereocenters. The molecule has 0 fully saturated rings. The van der Waals surface area contributed by atoms with Crippen LogP contribution in [-0.2, 0) is 6.54 Å². The van der Waals surface area contributed by atoms with Crippen LogP contribution in [0.5, 0.6) is 0 Å². The number of nitrogens with zero attached hydrogens (tertiary/aromatic N) is 2. The van der Waals surface area contributed by atoms with Gasteiger partial charge in [0.05, 0.1) is 23.6 Å². The van der Waals surface area contributed by atoms with E-state index in [1.807, 2.05) is 35.7 Å². The Morgan fingerprint density at radius 1 is 1.30 bits per heavy atom. The summed E-state index contributed by atoms with van der Waals surface area (Å²) in [6, 6.07) is 10.3. The number of hydrogen-bond donors (Lipinski definition) is 1. The second-order valence-corrected chi connectivity index (χ2v) is 4.99. The maximum absolute atomic E-state index is 13.7. The molecule has 3 nitrogen and oxygen atoms in total. The minimum Gasteiger partial charge on any atom is -0.377 e. The lowest BCUT2D eigenvalue weighted by Crippen LogP contribution is -2.05. The van der Waals surface area contributed by atoms with Gasteiger partial charge in [0.1, 0.15) is 11.5 Å². The van der Waals surface area contributed by atoms with Crippen molar-refractivity contribution < 1.29 is 4.39 Å². The van der Waals surface area contributed by atoms with Crippen LogP contribution in [0.1, 0.15) is 11.4 Å². The lowest BCUT2D eigenvalue weighted by atomic mass is 10.3. The third kappa shape index (κ3) is 2.34. The van der Waals surface area contributed by atoms with E-state index >= 15 is 0 Å². The number of hydrogen-bond acceptors (Lipinski definition) is 2. The predicted molar refractivity (Wildman–Crippen MR) is 78.7 cm³/mol. The number of halogens is 2. The van der Waals surface area contributed by atoms with Crippen molar-refractivity contribution in [2.24, 2.45) is 0 Å². The second-order valence-electron chi connectivity index (χ2n) is 4.55. The Balaban J connectivity index is 1.90. The molecule has 0 radical (unpaired) electrons. The van der Waals surface area contributed by atoms with Gasteiger partial charge >= 0.3 is 0 Å². The number of benzene rings is 1. The van der Waals surface area contributed by atoms with E-state index in [-0.39, 0.29) is 5.82 Å². The van der Waals surface area contributed by atoms with Crippen molar-refractivity contribution in [1.29, 1.82) is 0 Å². The third-order valence-corrected chi connectivity index (χ3v) is 3.44. The molecule has 20 heavy (non-hydrogen) atoms. The molecule has 0 spiro atoms. The Kier molecular flexibility index (Phi) is 3.32. The number of anilines is 1. The van der Waals surface area contributed by atoms with E-state index in [4.69, 9.17) is 11.6 Å². The van der Waals surface area contributed by atoms with Crippen molar-refractivity contribution in [1.82, 2.24) is 9.38 Å². The highest BCUT2D eigenvalue weighted by atomic mass is 35.5. The van der Waals surface area contributed by atoms with Gasteiger partial charge < -0.3 is 9.72 Å². The molecular formula is C15H13ClFN3. The Hall–Kier alpha value is -2.07. The number of rotatable bonds is 3. The first-order valence-electron chi connectivity index (χ1n) is 6.26. The summed E-state index contributed by atoms with van der Waals surface area (Å²) in [5, 5.41) is 3.57. The topological polar surface area (TPSA) is 29.3 Å². The van der Waals surface area contributed by atoms with E-state index < -0.39 is 0 Å². The lowest BCUT2D eigenvalue weighted by molar-refractivity contribution is 0.630. The fourth-order valence-corrected chi connectivity index (χ4v) is 2.36. The normalized spacial score (nSPS) is 10.9. The first kappa shape index (κ1) is 12.9. The van der Waals surface area contributed by atoms with Crippen LogP contribution in [0.3, 0.4) is 0 Å². The Morgan fingerprint density at radius 3 is 3.00 bits per heavy atom. The van der Waals surface area contributed by atoms with E-state index in [1.165, 1.54) is 12.1 Å². The molecule has 102 valence electrons. The minimum atomic E-state index is -0.319. The van der Waals surface area contributed by atoms with Crippen LogP contribution in [0.25, 0.3) is 5.65 Å². The highest BCUT2D eigenvalue weighted by molar-refractivity contribution is 6.30. The zero-order chi connectivity index (χ0) is 14.1. The zero-order valence-electron chi connectivity index (χ0n) is 10.9. The highest BCUT2D eigenvalue weighted by Gasteiger charge is 2.09. The maximum Gasteiger partial charge on any atom is 0.146 e. The number of pyridine rings is 1. The van der Waals surface area contributed by atoms with E-state index in [1.54, 1.807) is 6.07 Å². The summed E-state index contributed by atoms with van der Waals surface area (Å²) in [5.41, 5.74) is 3.20. The molecule has 3 aromatic rings. The van der Waals surface area contributed by atoms with Gasteiger partial charge in [0.15, 0.2) is 0 Å². The van der Waals surface area contributed by atoms with Crippen LogP contribution in [0.15, 0.2) is 42.6 Å². The number of fused-ring (bicyclic) bond motifs is 1. The molecule has 1 aromatic carbocycles. The van der Waals surface area contributed by atoms with Crippen molar-refractivity contribution in [3.05, 3.63) is 64.8 Å². The van der Waals surface area contributed by atoms with Gasteiger partial charge in [-0.3, -0.25) is 0 Å². The number of imidazole rings is 1. The van der Waals surface area contributed by atoms with Gasteiger partial charge in [-0.1, -0.05) is 17.7 Å². The van der Waals surface area contributed by atoms with Crippen LogP contribution < -0.4 is 5.32 Å². The molecule has 0 aliphatic rings. The average Bonchev–Trinajstić information content (AvgIpc) is 2.75. The molecular weight excluding hydrogens is 277 g/mol. The van der Waals surface area contributed by atoms with Gasteiger partial charge in [-0.05, 0) is 37.3 Å². The van der Waals surface area contributed by atoms with Crippen LogP contribution in [0.4, 0.5) is 10.1 Å². The van der Waals surface area contributed by atoms with Crippen molar-refractivity contribution in [2.75, 3.05) is 5.32 Å². The first-order valence-corrected chi connectivity index (χ1v) is 6.64. The first-order chi connectivity index (χ1) is 9.65. The fraction of sp³-hybridized carbons (Fsp3) is 0.133. The van der Waals surface area contributed by atoms with Crippen molar-refractivity contribution in [3.8, 4) is 0 Å². The van der Waals surface area contributed by atoms with Gasteiger partial charge in [-0.15, -0.1) is 0 Å². The van der Waals surface area contributed by atoms with Crippen molar-refractivity contribution >= 4 is 22.9 Å². The smallest absolute Gasteiger partial charge is 0.146 e. The largest absolute Gasteiger partial charge is 0.377 e. The summed E-state index contributed by atoms with van der Waals surface area (Å²) in [6.07, 6.45) is 1.95. The molecule has 0 aliphatic heterocycles. The zero-order valence-corrected chi connectivity index (χ0v) is 11.7. The average molecular weight is 290 g/mol. The molecule has 0 saturated carbocycles. The molecule has 0 saturated heterocycles. The molecule has 2 aromatic heterocycles. The quantitative estimate of drug-likeness (QED) is 0.788. The van der Waals surface area contributed by atoms with Gasteiger partial charge in [0.2, 0.25) is 0 Å². The summed E-state index contributed by atoms with van der Waals surface area (Å²) in [4.78, 5) is 4.47. The van der Waals surface area contributed by atoms with E-state index in [9.17, 15) is 4.39 Å². The van der Waals surface area contributed by atoms with Crippen molar-refractivity contribution in [2.45, 2.75) is 13.5 Å². The molecule has 0 amide bonds. The lowest BCUT2D eigenvalue weighted by Gasteiger charge is -2.08. The molecule has 1 N–H and O–H groups in total. The van der Waals surface area contributed by atoms with E-state index in [2.05, 4.69) is 10.3 Å². The minimum absolute atomic E-state index is 0.319. The standard InChI is InChI=1S/C15H13ClFN3/c1-10-14(20-7-3-2-4-15(20)19-10)9-18-13-8-11(16)5-6-12(13)17/h2-8,18H,9H2,1H3. The van der Waals surface area contributed by atoms with Crippen LogP contribution in [0.2, 0.25) is 5.02 Å². The van der Waals surface area contributed by atoms with E-state index in [0.717, 1.165) is 17.0 Å². The summed E-state index contributed by atoms with van der Waals surface area (Å²) in [5.74, 6) is -0.319. The van der Waals surface area contributed by atoms with E-state index in [0.29, 0.717) is 17.3 Å². The molecule has 0 atom stereocenters. The Bertz CT molecular complexity index is 767. The molecule has 5 heteroatoms. The predicted octanol–water partition coefficient (Wildman–Crippen LogP) is 4.05. The number of nitrogens with one attached hydrogen (secondary N) is 1. The SMILES string of the molecule is Cc1nc2ccccn2c1CNc1cc(Cl)ccc1F. The summed E-state index contributed by atoms with van der Waals surface area (Å²) in [7, 11) is 0. The fourth-order valence-electron chi connectivity index (χ4n) is 2.19. The molecule has 0 aliphatic carbocycles. The van der Waals surface area contributed by atoms with Gasteiger partial charge in [-0.25, -0.2) is 9.37 Å². The Labute approximate surface area is 121 Å². The van der Waals surface area contributed by atoms with Crippen molar-refractivity contribution in [3.63, 3.8) is 0 Å². The van der Waals surface area contributed by atoms with Gasteiger partial charge in [0, 0.05) is 11.2 Å². The second kappa shape index (κ2) is 5.13.